The highest BCUT2D eigenvalue weighted by Gasteiger charge is 2.35. The maximum atomic E-state index is 13.3. The molecule has 1 aliphatic rings. The van der Waals surface area contributed by atoms with E-state index in [0.29, 0.717) is 12.2 Å². The molecule has 1 amide bonds. The summed E-state index contributed by atoms with van der Waals surface area (Å²) in [5, 5.41) is 15.3. The summed E-state index contributed by atoms with van der Waals surface area (Å²) in [5.41, 5.74) is -0.669. The van der Waals surface area contributed by atoms with E-state index in [1.165, 1.54) is 4.90 Å². The van der Waals surface area contributed by atoms with Crippen molar-refractivity contribution in [1.29, 1.82) is 0 Å². The number of hydrogen-bond acceptors (Lipinski definition) is 4. The number of benzene rings is 1. The van der Waals surface area contributed by atoms with E-state index < -0.39 is 22.3 Å². The second-order valence-corrected chi connectivity index (χ2v) is 5.66. The zero-order valence-electron chi connectivity index (χ0n) is 12.6. The lowest BCUT2D eigenvalue weighted by Gasteiger charge is -2.36. The van der Waals surface area contributed by atoms with Crippen molar-refractivity contribution in [3.8, 4) is 0 Å². The molecule has 1 aromatic carbocycles. The fourth-order valence-electron chi connectivity index (χ4n) is 3.03. The summed E-state index contributed by atoms with van der Waals surface area (Å²) in [7, 11) is 0. The zero-order valence-corrected chi connectivity index (χ0v) is 12.6. The quantitative estimate of drug-likeness (QED) is 0.630. The monoisotopic (exact) mass is 318 g/mol. The van der Waals surface area contributed by atoms with Crippen molar-refractivity contribution in [2.45, 2.75) is 32.4 Å². The third-order valence-electron chi connectivity index (χ3n) is 4.04. The van der Waals surface area contributed by atoms with Crippen molar-refractivity contribution in [3.63, 3.8) is 0 Å². The number of nitro groups is 1. The van der Waals surface area contributed by atoms with Crippen molar-refractivity contribution in [1.82, 2.24) is 9.78 Å². The first-order chi connectivity index (χ1) is 10.9. The van der Waals surface area contributed by atoms with E-state index in [1.54, 1.807) is 16.9 Å². The Labute approximate surface area is 131 Å². The van der Waals surface area contributed by atoms with E-state index in [9.17, 15) is 19.3 Å². The van der Waals surface area contributed by atoms with Crippen LogP contribution in [0.2, 0.25) is 0 Å². The molecule has 23 heavy (non-hydrogen) atoms. The lowest BCUT2D eigenvalue weighted by molar-refractivity contribution is -0.385. The van der Waals surface area contributed by atoms with E-state index >= 15 is 0 Å². The van der Waals surface area contributed by atoms with Gasteiger partial charge in [0.25, 0.3) is 11.6 Å². The van der Waals surface area contributed by atoms with Gasteiger partial charge in [0.1, 0.15) is 17.2 Å². The third-order valence-corrected chi connectivity index (χ3v) is 4.04. The average molecular weight is 318 g/mol. The summed E-state index contributed by atoms with van der Waals surface area (Å²) in [6.07, 6.45) is 2.26. The summed E-state index contributed by atoms with van der Waals surface area (Å²) in [4.78, 5) is 24.7. The summed E-state index contributed by atoms with van der Waals surface area (Å²) in [5.74, 6) is -0.698. The Bertz CT molecular complexity index is 789. The predicted molar refractivity (Wildman–Crippen MR) is 80.9 cm³/mol. The lowest BCUT2D eigenvalue weighted by Crippen LogP contribution is -2.45. The maximum absolute atomic E-state index is 13.3. The fourth-order valence-corrected chi connectivity index (χ4v) is 3.03. The van der Waals surface area contributed by atoms with Gasteiger partial charge in [-0.1, -0.05) is 0 Å². The molecule has 1 aliphatic heterocycles. The van der Waals surface area contributed by atoms with Crippen LogP contribution in [0.5, 0.6) is 0 Å². The van der Waals surface area contributed by atoms with E-state index in [1.807, 2.05) is 13.8 Å². The molecule has 0 fully saturated rings. The number of nitro benzene ring substituents is 1. The number of fused-ring (bicyclic) bond motifs is 1. The van der Waals surface area contributed by atoms with Crippen LogP contribution in [0.3, 0.4) is 0 Å². The van der Waals surface area contributed by atoms with Crippen LogP contribution in [-0.2, 0) is 0 Å². The molecule has 0 radical (unpaired) electrons. The van der Waals surface area contributed by atoms with Gasteiger partial charge in [0.15, 0.2) is 0 Å². The number of carbonyl (C=O) groups is 1. The first-order valence-electron chi connectivity index (χ1n) is 7.21. The van der Waals surface area contributed by atoms with E-state index in [4.69, 9.17) is 0 Å². The van der Waals surface area contributed by atoms with Crippen LogP contribution in [-0.4, -0.2) is 26.7 Å². The van der Waals surface area contributed by atoms with Crippen LogP contribution in [0.4, 0.5) is 15.9 Å². The normalized spacial score (nSPS) is 20.2. The number of hydrogen-bond donors (Lipinski definition) is 0. The Morgan fingerprint density at radius 3 is 2.78 bits per heavy atom. The van der Waals surface area contributed by atoms with E-state index in [0.717, 1.165) is 18.2 Å². The molecule has 0 N–H and O–H groups in total. The largest absolute Gasteiger partial charge is 0.290 e. The summed E-state index contributed by atoms with van der Waals surface area (Å²) in [6, 6.07) is 4.64. The molecular formula is C15H15FN4O3. The molecule has 1 aromatic heterocycles. The number of rotatable bonds is 2. The molecular weight excluding hydrogens is 303 g/mol. The number of carbonyl (C=O) groups excluding carboxylic acids is 1. The number of halogens is 1. The first-order valence-corrected chi connectivity index (χ1v) is 7.21. The van der Waals surface area contributed by atoms with Gasteiger partial charge < -0.3 is 0 Å². The minimum atomic E-state index is -0.751. The van der Waals surface area contributed by atoms with Crippen LogP contribution >= 0.6 is 0 Å². The average Bonchev–Trinajstić information content (AvgIpc) is 2.96. The standard InChI is InChI=1S/C15H15FN4O3/c1-9-7-10(2)19-14(5-6-17-19)18(9)15(21)12-4-3-11(16)8-13(12)20(22)23/h3-6,8-10H,7H2,1-2H3/t9-,10-/m0/s1. The second kappa shape index (κ2) is 5.45. The van der Waals surface area contributed by atoms with Gasteiger partial charge in [0.05, 0.1) is 23.2 Å². The van der Waals surface area contributed by atoms with Gasteiger partial charge in [0.2, 0.25) is 0 Å². The van der Waals surface area contributed by atoms with Crippen molar-refractivity contribution in [2.75, 3.05) is 4.90 Å². The molecule has 0 saturated carbocycles. The van der Waals surface area contributed by atoms with Crippen molar-refractivity contribution in [3.05, 3.63) is 52.0 Å². The SMILES string of the molecule is C[C@H]1C[C@H](C)n2nccc2N1C(=O)c1ccc(F)cc1[N+](=O)[O-]. The smallest absolute Gasteiger partial charge is 0.285 e. The van der Waals surface area contributed by atoms with Gasteiger partial charge in [-0.3, -0.25) is 19.8 Å². The minimum absolute atomic E-state index is 0.127. The molecule has 2 atom stereocenters. The molecule has 0 unspecified atom stereocenters. The Morgan fingerprint density at radius 2 is 2.09 bits per heavy atom. The Kier molecular flexibility index (Phi) is 3.59. The number of anilines is 1. The Balaban J connectivity index is 2.08. The van der Waals surface area contributed by atoms with Gasteiger partial charge in [0, 0.05) is 12.1 Å². The van der Waals surface area contributed by atoms with Gasteiger partial charge in [-0.25, -0.2) is 9.07 Å². The van der Waals surface area contributed by atoms with Crippen molar-refractivity contribution >= 4 is 17.4 Å². The fraction of sp³-hybridized carbons (Fsp3) is 0.333. The summed E-state index contributed by atoms with van der Waals surface area (Å²) >= 11 is 0. The number of amides is 1. The summed E-state index contributed by atoms with van der Waals surface area (Å²) in [6.45, 7) is 3.87. The number of aromatic nitrogens is 2. The Hall–Kier alpha value is -2.77. The highest BCUT2D eigenvalue weighted by molar-refractivity contribution is 6.08. The molecule has 8 heteroatoms. The van der Waals surface area contributed by atoms with Crippen LogP contribution < -0.4 is 4.90 Å². The molecule has 0 spiro atoms. The molecule has 2 aromatic rings. The van der Waals surface area contributed by atoms with Crippen molar-refractivity contribution < 1.29 is 14.1 Å². The van der Waals surface area contributed by atoms with Gasteiger partial charge >= 0.3 is 0 Å². The highest BCUT2D eigenvalue weighted by atomic mass is 19.1. The molecule has 0 bridgehead atoms. The lowest BCUT2D eigenvalue weighted by atomic mass is 10.0. The second-order valence-electron chi connectivity index (χ2n) is 5.66. The third kappa shape index (κ3) is 2.45. The topological polar surface area (TPSA) is 81.3 Å². The summed E-state index contributed by atoms with van der Waals surface area (Å²) < 4.78 is 15.0. The molecule has 0 aliphatic carbocycles. The van der Waals surface area contributed by atoms with Gasteiger partial charge in [-0.05, 0) is 32.4 Å². The van der Waals surface area contributed by atoms with Crippen LogP contribution in [0.1, 0.15) is 36.7 Å². The van der Waals surface area contributed by atoms with Crippen molar-refractivity contribution in [2.24, 2.45) is 0 Å². The Morgan fingerprint density at radius 1 is 1.35 bits per heavy atom. The van der Waals surface area contributed by atoms with E-state index in [-0.39, 0.29) is 17.6 Å². The predicted octanol–water partition coefficient (Wildman–Crippen LogP) is 2.93. The minimum Gasteiger partial charge on any atom is -0.290 e. The zero-order chi connectivity index (χ0) is 16.7. The molecule has 0 saturated heterocycles. The molecule has 3 rings (SSSR count). The first kappa shape index (κ1) is 15.1. The van der Waals surface area contributed by atoms with E-state index in [2.05, 4.69) is 5.10 Å². The maximum Gasteiger partial charge on any atom is 0.285 e. The number of nitrogens with zero attached hydrogens (tertiary/aromatic N) is 4. The molecule has 2 heterocycles. The molecule has 7 nitrogen and oxygen atoms in total. The van der Waals surface area contributed by atoms with Crippen LogP contribution in [0, 0.1) is 15.9 Å². The van der Waals surface area contributed by atoms with Crippen LogP contribution in [0.25, 0.3) is 0 Å². The van der Waals surface area contributed by atoms with Gasteiger partial charge in [-0.2, -0.15) is 5.10 Å². The highest BCUT2D eigenvalue weighted by Crippen LogP contribution is 2.33. The van der Waals surface area contributed by atoms with Crippen LogP contribution in [0.15, 0.2) is 30.5 Å². The van der Waals surface area contributed by atoms with Gasteiger partial charge in [-0.15, -0.1) is 0 Å². The molecule has 120 valence electrons.